The summed E-state index contributed by atoms with van der Waals surface area (Å²) >= 11 is 1.18. The molecule has 78 valence electrons. The third kappa shape index (κ3) is 2.42. The van der Waals surface area contributed by atoms with Crippen molar-refractivity contribution in [3.8, 4) is 0 Å². The SMILES string of the molecule is CSc1ccccc1C(O)C(F)(F)F. The predicted octanol–water partition coefficient (Wildman–Crippen LogP) is 3.00. The van der Waals surface area contributed by atoms with Gasteiger partial charge in [-0.3, -0.25) is 0 Å². The Morgan fingerprint density at radius 1 is 1.29 bits per heavy atom. The molecule has 1 atom stereocenters. The van der Waals surface area contributed by atoms with Gasteiger partial charge in [0.1, 0.15) is 0 Å². The maximum absolute atomic E-state index is 12.2. The highest BCUT2D eigenvalue weighted by Gasteiger charge is 2.40. The minimum atomic E-state index is -4.61. The molecule has 1 aromatic carbocycles. The number of halogens is 3. The topological polar surface area (TPSA) is 20.2 Å². The molecule has 1 aromatic rings. The fourth-order valence-electron chi connectivity index (χ4n) is 1.07. The Labute approximate surface area is 83.9 Å². The van der Waals surface area contributed by atoms with Crippen molar-refractivity contribution >= 4 is 11.8 Å². The molecule has 0 saturated carbocycles. The van der Waals surface area contributed by atoms with E-state index in [-0.39, 0.29) is 5.56 Å². The molecule has 1 unspecified atom stereocenters. The van der Waals surface area contributed by atoms with Crippen molar-refractivity contribution in [2.75, 3.05) is 6.26 Å². The van der Waals surface area contributed by atoms with Crippen molar-refractivity contribution < 1.29 is 18.3 Å². The summed E-state index contributed by atoms with van der Waals surface area (Å²) in [5, 5.41) is 9.03. The van der Waals surface area contributed by atoms with Crippen LogP contribution in [0.5, 0.6) is 0 Å². The second-order valence-electron chi connectivity index (χ2n) is 2.69. The van der Waals surface area contributed by atoms with Gasteiger partial charge >= 0.3 is 6.18 Å². The quantitative estimate of drug-likeness (QED) is 0.776. The van der Waals surface area contributed by atoms with E-state index in [0.29, 0.717) is 4.90 Å². The molecule has 0 aliphatic heterocycles. The van der Waals surface area contributed by atoms with Gasteiger partial charge in [-0.1, -0.05) is 18.2 Å². The lowest BCUT2D eigenvalue weighted by Gasteiger charge is -2.17. The Hall–Kier alpha value is -0.680. The van der Waals surface area contributed by atoms with Crippen molar-refractivity contribution in [3.05, 3.63) is 29.8 Å². The maximum Gasteiger partial charge on any atom is 0.418 e. The van der Waals surface area contributed by atoms with Crippen molar-refractivity contribution in [2.45, 2.75) is 17.2 Å². The maximum atomic E-state index is 12.2. The molecule has 0 radical (unpaired) electrons. The summed E-state index contributed by atoms with van der Waals surface area (Å²) in [7, 11) is 0. The highest BCUT2D eigenvalue weighted by atomic mass is 32.2. The van der Waals surface area contributed by atoms with Crippen LogP contribution in [0, 0.1) is 0 Å². The first-order chi connectivity index (χ1) is 6.46. The van der Waals surface area contributed by atoms with Gasteiger partial charge in [0.25, 0.3) is 0 Å². The third-order valence-corrected chi connectivity index (χ3v) is 2.56. The normalized spacial score (nSPS) is 14.1. The van der Waals surface area contributed by atoms with Crippen LogP contribution >= 0.6 is 11.8 Å². The van der Waals surface area contributed by atoms with Crippen molar-refractivity contribution in [1.29, 1.82) is 0 Å². The molecule has 1 nitrogen and oxygen atoms in total. The molecule has 0 bridgehead atoms. The molecule has 0 aromatic heterocycles. The van der Waals surface area contributed by atoms with E-state index in [1.165, 1.54) is 23.9 Å². The average Bonchev–Trinajstić information content (AvgIpc) is 2.15. The zero-order valence-electron chi connectivity index (χ0n) is 7.38. The summed E-state index contributed by atoms with van der Waals surface area (Å²) < 4.78 is 36.6. The van der Waals surface area contributed by atoms with E-state index in [0.717, 1.165) is 0 Å². The number of thioether (sulfide) groups is 1. The first-order valence-corrected chi connectivity index (χ1v) is 5.07. The Morgan fingerprint density at radius 2 is 1.86 bits per heavy atom. The number of aliphatic hydroxyl groups excluding tert-OH is 1. The standard InChI is InChI=1S/C9H9F3OS/c1-14-7-5-3-2-4-6(7)8(13)9(10,11)12/h2-5,8,13H,1H3. The number of benzene rings is 1. The Kier molecular flexibility index (Phi) is 3.44. The molecule has 0 aliphatic carbocycles. The predicted molar refractivity (Wildman–Crippen MR) is 49.2 cm³/mol. The van der Waals surface area contributed by atoms with Crippen LogP contribution in [-0.2, 0) is 0 Å². The van der Waals surface area contributed by atoms with Crippen molar-refractivity contribution in [1.82, 2.24) is 0 Å². The van der Waals surface area contributed by atoms with E-state index in [1.807, 2.05) is 0 Å². The molecule has 1 rings (SSSR count). The van der Waals surface area contributed by atoms with Gasteiger partial charge in [-0.25, -0.2) is 0 Å². The molecule has 0 aliphatic rings. The monoisotopic (exact) mass is 222 g/mol. The van der Waals surface area contributed by atoms with Crippen LogP contribution in [-0.4, -0.2) is 17.5 Å². The van der Waals surface area contributed by atoms with Crippen molar-refractivity contribution in [3.63, 3.8) is 0 Å². The number of aliphatic hydroxyl groups is 1. The zero-order chi connectivity index (χ0) is 10.8. The van der Waals surface area contributed by atoms with E-state index in [1.54, 1.807) is 18.4 Å². The fourth-order valence-corrected chi connectivity index (χ4v) is 1.70. The average molecular weight is 222 g/mol. The Balaban J connectivity index is 3.06. The molecule has 0 heterocycles. The number of alkyl halides is 3. The summed E-state index contributed by atoms with van der Waals surface area (Å²) in [5.74, 6) is 0. The summed E-state index contributed by atoms with van der Waals surface area (Å²) in [4.78, 5) is 0.442. The first kappa shape index (κ1) is 11.4. The molecule has 0 amide bonds. The molecular formula is C9H9F3OS. The van der Waals surface area contributed by atoms with E-state index in [2.05, 4.69) is 0 Å². The Morgan fingerprint density at radius 3 is 2.36 bits per heavy atom. The highest BCUT2D eigenvalue weighted by Crippen LogP contribution is 2.36. The third-order valence-electron chi connectivity index (χ3n) is 1.74. The van der Waals surface area contributed by atoms with E-state index in [4.69, 9.17) is 5.11 Å². The van der Waals surface area contributed by atoms with Crippen LogP contribution in [0.4, 0.5) is 13.2 Å². The molecule has 0 saturated heterocycles. The van der Waals surface area contributed by atoms with E-state index in [9.17, 15) is 13.2 Å². The molecular weight excluding hydrogens is 213 g/mol. The van der Waals surface area contributed by atoms with Crippen LogP contribution in [0.15, 0.2) is 29.2 Å². The largest absolute Gasteiger partial charge is 0.418 e. The minimum Gasteiger partial charge on any atom is -0.379 e. The molecule has 0 fully saturated rings. The minimum absolute atomic E-state index is 0.0903. The van der Waals surface area contributed by atoms with Crippen molar-refractivity contribution in [2.24, 2.45) is 0 Å². The summed E-state index contributed by atoms with van der Waals surface area (Å²) in [5.41, 5.74) is -0.0903. The smallest absolute Gasteiger partial charge is 0.379 e. The van der Waals surface area contributed by atoms with Gasteiger partial charge in [0.2, 0.25) is 0 Å². The van der Waals surface area contributed by atoms with Gasteiger partial charge in [0.05, 0.1) is 0 Å². The summed E-state index contributed by atoms with van der Waals surface area (Å²) in [6.45, 7) is 0. The number of hydrogen-bond donors (Lipinski definition) is 1. The fraction of sp³-hybridized carbons (Fsp3) is 0.333. The van der Waals surface area contributed by atoms with Crippen LogP contribution in [0.2, 0.25) is 0 Å². The molecule has 0 spiro atoms. The molecule has 1 N–H and O–H groups in total. The number of hydrogen-bond acceptors (Lipinski definition) is 2. The van der Waals surface area contributed by atoms with Crippen LogP contribution < -0.4 is 0 Å². The lowest BCUT2D eigenvalue weighted by atomic mass is 10.1. The second-order valence-corrected chi connectivity index (χ2v) is 3.53. The zero-order valence-corrected chi connectivity index (χ0v) is 8.19. The Bertz CT molecular complexity index is 311. The van der Waals surface area contributed by atoms with Gasteiger partial charge in [0.15, 0.2) is 6.10 Å². The summed E-state index contributed by atoms with van der Waals surface area (Å²) in [6, 6.07) is 5.95. The van der Waals surface area contributed by atoms with Gasteiger partial charge in [-0.05, 0) is 12.3 Å². The van der Waals surface area contributed by atoms with Gasteiger partial charge < -0.3 is 5.11 Å². The highest BCUT2D eigenvalue weighted by molar-refractivity contribution is 7.98. The van der Waals surface area contributed by atoms with Crippen LogP contribution in [0.3, 0.4) is 0 Å². The van der Waals surface area contributed by atoms with Gasteiger partial charge in [-0.2, -0.15) is 13.2 Å². The molecule has 5 heteroatoms. The van der Waals surface area contributed by atoms with E-state index >= 15 is 0 Å². The summed E-state index contributed by atoms with van der Waals surface area (Å²) in [6.07, 6.45) is -5.33. The lowest BCUT2D eigenvalue weighted by Crippen LogP contribution is -2.20. The van der Waals surface area contributed by atoms with Crippen LogP contribution in [0.1, 0.15) is 11.7 Å². The first-order valence-electron chi connectivity index (χ1n) is 3.84. The van der Waals surface area contributed by atoms with Gasteiger partial charge in [-0.15, -0.1) is 11.8 Å². The second kappa shape index (κ2) is 4.23. The molecule has 14 heavy (non-hydrogen) atoms. The van der Waals surface area contributed by atoms with Crippen LogP contribution in [0.25, 0.3) is 0 Å². The van der Waals surface area contributed by atoms with E-state index < -0.39 is 12.3 Å². The lowest BCUT2D eigenvalue weighted by molar-refractivity contribution is -0.207. The van der Waals surface area contributed by atoms with Gasteiger partial charge in [0, 0.05) is 10.5 Å². The number of rotatable bonds is 2.